The van der Waals surface area contributed by atoms with Gasteiger partial charge in [-0.3, -0.25) is 0 Å². The Hall–Kier alpha value is -3.28. The zero-order chi connectivity index (χ0) is 20.1. The average Bonchev–Trinajstić information content (AvgIpc) is 3.32. The Balaban J connectivity index is 1.78. The summed E-state index contributed by atoms with van der Waals surface area (Å²) in [5, 5.41) is 20.0. The second kappa shape index (κ2) is 8.82. The van der Waals surface area contributed by atoms with Gasteiger partial charge in [0.05, 0.1) is 18.9 Å². The first-order valence-electron chi connectivity index (χ1n) is 10.1. The first-order valence-corrected chi connectivity index (χ1v) is 10.1. The summed E-state index contributed by atoms with van der Waals surface area (Å²) < 4.78 is 5.55. The van der Waals surface area contributed by atoms with Crippen LogP contribution < -0.4 is 15.3 Å². The minimum absolute atomic E-state index is 0.138. The molecule has 2 aliphatic rings. The van der Waals surface area contributed by atoms with Crippen molar-refractivity contribution < 1.29 is 4.74 Å². The van der Waals surface area contributed by atoms with Crippen molar-refractivity contribution in [2.45, 2.75) is 12.8 Å². The van der Waals surface area contributed by atoms with Crippen LogP contribution in [0.5, 0.6) is 0 Å². The van der Waals surface area contributed by atoms with Crippen LogP contribution in [-0.4, -0.2) is 44.3 Å². The fourth-order valence-corrected chi connectivity index (χ4v) is 4.07. The average molecular weight is 384 g/mol. The molecule has 0 atom stereocenters. The largest absolute Gasteiger partial charge is 0.378 e. The van der Waals surface area contributed by atoms with Crippen LogP contribution >= 0.6 is 0 Å². The topological polar surface area (TPSA) is 63.3 Å². The third-order valence-electron chi connectivity index (χ3n) is 5.61. The molecule has 0 aliphatic carbocycles. The fourth-order valence-electron chi connectivity index (χ4n) is 4.07. The molecule has 0 saturated carbocycles. The number of morpholine rings is 1. The van der Waals surface area contributed by atoms with Gasteiger partial charge in [0, 0.05) is 37.1 Å². The fraction of sp³-hybridized carbons (Fsp3) is 0.333. The summed E-state index contributed by atoms with van der Waals surface area (Å²) in [6.45, 7) is 5.40. The highest BCUT2D eigenvalue weighted by Gasteiger charge is 2.17. The van der Waals surface area contributed by atoms with Gasteiger partial charge >= 0.3 is 0 Å². The van der Waals surface area contributed by atoms with Gasteiger partial charge in [-0.15, -0.1) is 0 Å². The molecule has 5 heteroatoms. The van der Waals surface area contributed by atoms with E-state index < -0.39 is 0 Å². The predicted molar refractivity (Wildman–Crippen MR) is 113 cm³/mol. The van der Waals surface area contributed by atoms with Crippen molar-refractivity contribution in [3.05, 3.63) is 64.5 Å². The van der Waals surface area contributed by atoms with Crippen LogP contribution in [0.25, 0.3) is 11.3 Å². The maximum Gasteiger partial charge on any atom is 0.136 e. The van der Waals surface area contributed by atoms with Crippen LogP contribution in [-0.2, 0) is 4.74 Å². The maximum atomic E-state index is 9.11. The van der Waals surface area contributed by atoms with E-state index in [1.807, 2.05) is 36.4 Å². The maximum absolute atomic E-state index is 9.11. The molecule has 29 heavy (non-hydrogen) atoms. The molecule has 0 unspecified atom stereocenters. The predicted octanol–water partition coefficient (Wildman–Crippen LogP) is 1.97. The molecular weight excluding hydrogens is 360 g/mol. The van der Waals surface area contributed by atoms with E-state index in [9.17, 15) is 0 Å². The number of hydrogen-bond donors (Lipinski definition) is 0. The van der Waals surface area contributed by atoms with Crippen LogP contribution in [0.4, 0.5) is 5.69 Å². The Morgan fingerprint density at radius 3 is 1.93 bits per heavy atom. The van der Waals surface area contributed by atoms with Gasteiger partial charge in [-0.25, -0.2) is 0 Å². The lowest BCUT2D eigenvalue weighted by Crippen LogP contribution is -2.38. The van der Waals surface area contributed by atoms with Crippen molar-refractivity contribution in [1.29, 1.82) is 10.5 Å². The molecule has 0 N–H and O–H groups in total. The van der Waals surface area contributed by atoms with Gasteiger partial charge in [0.1, 0.15) is 17.7 Å². The van der Waals surface area contributed by atoms with Crippen molar-refractivity contribution in [2.24, 2.45) is 0 Å². The summed E-state index contributed by atoms with van der Waals surface area (Å²) in [6, 6.07) is 20.5. The lowest BCUT2D eigenvalue weighted by molar-refractivity contribution is 0.0637. The van der Waals surface area contributed by atoms with Gasteiger partial charge in [-0.05, 0) is 35.8 Å². The van der Waals surface area contributed by atoms with E-state index >= 15 is 0 Å². The van der Waals surface area contributed by atoms with E-state index in [4.69, 9.17) is 15.3 Å². The highest BCUT2D eigenvalue weighted by Crippen LogP contribution is 2.24. The molecule has 2 aromatic carbocycles. The first kappa shape index (κ1) is 19.1. The molecule has 146 valence electrons. The molecule has 0 spiro atoms. The van der Waals surface area contributed by atoms with Gasteiger partial charge in [0.25, 0.3) is 0 Å². The normalized spacial score (nSPS) is 16.2. The van der Waals surface area contributed by atoms with Crippen molar-refractivity contribution >= 4 is 17.0 Å². The molecule has 0 radical (unpaired) electrons. The highest BCUT2D eigenvalue weighted by atomic mass is 16.5. The molecule has 2 fully saturated rings. The minimum Gasteiger partial charge on any atom is -0.378 e. The first-order chi connectivity index (χ1) is 14.3. The third-order valence-corrected chi connectivity index (χ3v) is 5.61. The summed E-state index contributed by atoms with van der Waals surface area (Å²) in [5.74, 6) is 0. The van der Waals surface area contributed by atoms with Gasteiger partial charge < -0.3 is 14.5 Å². The number of rotatable bonds is 3. The molecule has 5 nitrogen and oxygen atoms in total. The number of ether oxygens (including phenoxy) is 1. The summed E-state index contributed by atoms with van der Waals surface area (Å²) in [4.78, 5) is 4.80. The highest BCUT2D eigenvalue weighted by molar-refractivity contribution is 5.72. The van der Waals surface area contributed by atoms with E-state index in [-0.39, 0.29) is 5.57 Å². The number of hydrogen-bond acceptors (Lipinski definition) is 5. The van der Waals surface area contributed by atoms with Crippen LogP contribution in [0, 0.1) is 22.7 Å². The SMILES string of the molecule is N#CC(C#N)=c1ccc(=C(c2ccc(N3CCCC3)cc2)N2CCOCC2)cc1. The van der Waals surface area contributed by atoms with Gasteiger partial charge in [0.15, 0.2) is 0 Å². The van der Waals surface area contributed by atoms with E-state index in [0.29, 0.717) is 18.4 Å². The molecule has 2 aliphatic heterocycles. The van der Waals surface area contributed by atoms with E-state index in [2.05, 4.69) is 34.1 Å². The van der Waals surface area contributed by atoms with Crippen molar-refractivity contribution in [3.8, 4) is 12.1 Å². The molecule has 4 rings (SSSR count). The summed E-state index contributed by atoms with van der Waals surface area (Å²) >= 11 is 0. The second-order valence-corrected chi connectivity index (χ2v) is 7.37. The van der Waals surface area contributed by atoms with Crippen LogP contribution in [0.15, 0.2) is 48.5 Å². The Labute approximate surface area is 171 Å². The van der Waals surface area contributed by atoms with Crippen LogP contribution in [0.2, 0.25) is 0 Å². The van der Waals surface area contributed by atoms with Crippen LogP contribution in [0.1, 0.15) is 18.4 Å². The van der Waals surface area contributed by atoms with Crippen LogP contribution in [0.3, 0.4) is 0 Å². The Bertz CT molecular complexity index is 1020. The van der Waals surface area contributed by atoms with Crippen molar-refractivity contribution in [3.63, 3.8) is 0 Å². The van der Waals surface area contributed by atoms with Gasteiger partial charge in [-0.1, -0.05) is 36.4 Å². The lowest BCUT2D eigenvalue weighted by Gasteiger charge is -2.31. The number of anilines is 1. The molecule has 0 aromatic heterocycles. The monoisotopic (exact) mass is 384 g/mol. The summed E-state index contributed by atoms with van der Waals surface area (Å²) in [5.41, 5.74) is 3.76. The standard InChI is InChI=1S/C24H24N4O/c25-17-22(18-26)19-3-5-20(6-4-19)24(28-13-15-29-16-14-28)21-7-9-23(10-8-21)27-11-1-2-12-27/h3-10H,1-2,11-16H2. The minimum atomic E-state index is 0.138. The second-order valence-electron chi connectivity index (χ2n) is 7.37. The molecule has 2 heterocycles. The van der Waals surface area contributed by atoms with Gasteiger partial charge in [0.2, 0.25) is 0 Å². The summed E-state index contributed by atoms with van der Waals surface area (Å²) in [7, 11) is 0. The lowest BCUT2D eigenvalue weighted by atomic mass is 10.1. The zero-order valence-corrected chi connectivity index (χ0v) is 16.5. The Kier molecular flexibility index (Phi) is 5.79. The van der Waals surface area contributed by atoms with E-state index in [1.165, 1.54) is 29.8 Å². The number of nitrogens with zero attached hydrogens (tertiary/aromatic N) is 4. The van der Waals surface area contributed by atoms with E-state index in [0.717, 1.165) is 31.4 Å². The molecular formula is C24H24N4O. The Morgan fingerprint density at radius 2 is 1.34 bits per heavy atom. The quantitative estimate of drug-likeness (QED) is 0.810. The van der Waals surface area contributed by atoms with Crippen molar-refractivity contribution in [2.75, 3.05) is 44.3 Å². The Morgan fingerprint density at radius 1 is 0.759 bits per heavy atom. The molecule has 0 bridgehead atoms. The third kappa shape index (κ3) is 4.11. The number of benzene rings is 2. The number of nitriles is 2. The molecule has 0 amide bonds. The van der Waals surface area contributed by atoms with Gasteiger partial charge in [-0.2, -0.15) is 10.5 Å². The molecule has 2 saturated heterocycles. The zero-order valence-electron chi connectivity index (χ0n) is 16.5. The smallest absolute Gasteiger partial charge is 0.136 e. The van der Waals surface area contributed by atoms with E-state index in [1.54, 1.807) is 0 Å². The molecule has 2 aromatic rings. The van der Waals surface area contributed by atoms with Crippen molar-refractivity contribution in [1.82, 2.24) is 4.90 Å². The summed E-state index contributed by atoms with van der Waals surface area (Å²) in [6.07, 6.45) is 2.54.